The van der Waals surface area contributed by atoms with Crippen LogP contribution in [0.1, 0.15) is 10.7 Å². The number of aromatic nitrogens is 1. The van der Waals surface area contributed by atoms with Crippen LogP contribution < -0.4 is 5.32 Å². The summed E-state index contributed by atoms with van der Waals surface area (Å²) in [5.41, 5.74) is 0.842. The van der Waals surface area contributed by atoms with Crippen molar-refractivity contribution in [2.75, 3.05) is 6.54 Å². The molecule has 1 atom stereocenters. The summed E-state index contributed by atoms with van der Waals surface area (Å²) in [5.74, 6) is -1.96. The van der Waals surface area contributed by atoms with Gasteiger partial charge in [-0.05, 0) is 6.92 Å². The molecule has 88 valence electrons. The molecule has 0 aliphatic carbocycles. The fourth-order valence-corrected chi connectivity index (χ4v) is 1.78. The van der Waals surface area contributed by atoms with Crippen LogP contribution in [0.2, 0.25) is 0 Å². The Morgan fingerprint density at radius 3 is 2.75 bits per heavy atom. The molecule has 0 bridgehead atoms. The fraction of sp³-hybridized carbons (Fsp3) is 0.556. The average molecular weight is 249 g/mol. The van der Waals surface area contributed by atoms with Crippen molar-refractivity contribution >= 4 is 11.3 Å². The number of hydrogen-bond acceptors (Lipinski definition) is 4. The molecule has 1 aromatic rings. The number of nitrogens with one attached hydrogen (secondary N) is 1. The van der Waals surface area contributed by atoms with Crippen molar-refractivity contribution < 1.29 is 13.2 Å². The van der Waals surface area contributed by atoms with Crippen LogP contribution in [0.25, 0.3) is 0 Å². The highest BCUT2D eigenvalue weighted by Crippen LogP contribution is 2.24. The monoisotopic (exact) mass is 249 g/mol. The summed E-state index contributed by atoms with van der Waals surface area (Å²) in [6.45, 7) is 1.67. The van der Waals surface area contributed by atoms with Gasteiger partial charge in [-0.15, -0.1) is 11.3 Å². The molecule has 7 heteroatoms. The van der Waals surface area contributed by atoms with E-state index >= 15 is 0 Å². The highest BCUT2D eigenvalue weighted by Gasteiger charge is 2.39. The van der Waals surface area contributed by atoms with Crippen molar-refractivity contribution in [3.8, 4) is 6.07 Å². The highest BCUT2D eigenvalue weighted by atomic mass is 32.1. The maximum Gasteiger partial charge on any atom is 0.405 e. The first kappa shape index (κ1) is 12.9. The lowest BCUT2D eigenvalue weighted by Crippen LogP contribution is -2.32. The maximum atomic E-state index is 12.2. The van der Waals surface area contributed by atoms with Gasteiger partial charge in [-0.2, -0.15) is 18.4 Å². The molecule has 0 spiro atoms. The Balaban J connectivity index is 2.38. The molecule has 3 nitrogen and oxygen atoms in total. The van der Waals surface area contributed by atoms with Gasteiger partial charge >= 0.3 is 6.18 Å². The molecule has 1 heterocycles. The van der Waals surface area contributed by atoms with E-state index in [4.69, 9.17) is 5.26 Å². The van der Waals surface area contributed by atoms with E-state index in [1.807, 2.05) is 12.3 Å². The zero-order valence-electron chi connectivity index (χ0n) is 8.51. The first-order valence-corrected chi connectivity index (χ1v) is 5.39. The van der Waals surface area contributed by atoms with Crippen LogP contribution in [0, 0.1) is 24.2 Å². The number of aryl methyl sites for hydroxylation is 1. The molecular formula is C9H10F3N3S. The summed E-state index contributed by atoms with van der Waals surface area (Å²) in [6.07, 6.45) is -4.47. The van der Waals surface area contributed by atoms with E-state index in [9.17, 15) is 13.2 Å². The van der Waals surface area contributed by atoms with Crippen molar-refractivity contribution in [1.29, 1.82) is 5.26 Å². The van der Waals surface area contributed by atoms with Gasteiger partial charge in [0, 0.05) is 24.2 Å². The van der Waals surface area contributed by atoms with E-state index in [0.29, 0.717) is 0 Å². The molecule has 0 fully saturated rings. The SMILES string of the molecule is Cc1csc(CNCC(C#N)C(F)(F)F)n1. The predicted octanol–water partition coefficient (Wildman–Crippen LogP) is 2.24. The minimum Gasteiger partial charge on any atom is -0.309 e. The Morgan fingerprint density at radius 1 is 1.62 bits per heavy atom. The Labute approximate surface area is 94.9 Å². The fourth-order valence-electron chi connectivity index (χ4n) is 1.04. The summed E-state index contributed by atoms with van der Waals surface area (Å²) in [5, 5.41) is 13.5. The maximum absolute atomic E-state index is 12.2. The van der Waals surface area contributed by atoms with Crippen LogP contribution in [0.15, 0.2) is 5.38 Å². The summed E-state index contributed by atoms with van der Waals surface area (Å²) < 4.78 is 36.5. The third kappa shape index (κ3) is 3.79. The van der Waals surface area contributed by atoms with Crippen LogP contribution in [-0.2, 0) is 6.54 Å². The predicted molar refractivity (Wildman–Crippen MR) is 53.7 cm³/mol. The zero-order chi connectivity index (χ0) is 12.2. The first-order chi connectivity index (χ1) is 7.43. The van der Waals surface area contributed by atoms with Gasteiger partial charge in [-0.25, -0.2) is 4.98 Å². The standard InChI is InChI=1S/C9H10F3N3S/c1-6-5-16-8(15-6)4-14-3-7(2-13)9(10,11)12/h5,7,14H,3-4H2,1H3. The number of halogens is 3. The number of thiazole rings is 1. The minimum atomic E-state index is -4.47. The van der Waals surface area contributed by atoms with E-state index in [1.54, 1.807) is 0 Å². The van der Waals surface area contributed by atoms with Crippen molar-refractivity contribution in [3.63, 3.8) is 0 Å². The second-order valence-electron chi connectivity index (χ2n) is 3.24. The van der Waals surface area contributed by atoms with Gasteiger partial charge in [0.25, 0.3) is 0 Å². The third-order valence-electron chi connectivity index (χ3n) is 1.84. The number of alkyl halides is 3. The Bertz CT molecular complexity index is 380. The quantitative estimate of drug-likeness (QED) is 0.890. The molecule has 0 aliphatic heterocycles. The molecule has 16 heavy (non-hydrogen) atoms. The van der Waals surface area contributed by atoms with Crippen LogP contribution in [0.5, 0.6) is 0 Å². The van der Waals surface area contributed by atoms with Crippen molar-refractivity contribution in [3.05, 3.63) is 16.1 Å². The van der Waals surface area contributed by atoms with Crippen LogP contribution in [0.3, 0.4) is 0 Å². The normalized spacial score (nSPS) is 13.4. The zero-order valence-corrected chi connectivity index (χ0v) is 9.32. The van der Waals surface area contributed by atoms with Gasteiger partial charge < -0.3 is 5.32 Å². The molecular weight excluding hydrogens is 239 g/mol. The minimum absolute atomic E-state index is 0.257. The topological polar surface area (TPSA) is 48.7 Å². The lowest BCUT2D eigenvalue weighted by atomic mass is 10.1. The number of nitrogens with zero attached hydrogens (tertiary/aromatic N) is 2. The van der Waals surface area contributed by atoms with Gasteiger partial charge in [-0.3, -0.25) is 0 Å². The Kier molecular flexibility index (Phi) is 4.26. The molecule has 0 saturated heterocycles. The largest absolute Gasteiger partial charge is 0.405 e. The smallest absolute Gasteiger partial charge is 0.309 e. The lowest BCUT2D eigenvalue weighted by molar-refractivity contribution is -0.157. The molecule has 1 rings (SSSR count). The second kappa shape index (κ2) is 5.27. The summed E-state index contributed by atoms with van der Waals surface area (Å²) in [6, 6.07) is 1.23. The Morgan fingerprint density at radius 2 is 2.31 bits per heavy atom. The molecule has 0 amide bonds. The van der Waals surface area contributed by atoms with Gasteiger partial charge in [-0.1, -0.05) is 0 Å². The second-order valence-corrected chi connectivity index (χ2v) is 4.18. The van der Waals surface area contributed by atoms with Gasteiger partial charge in [0.1, 0.15) is 5.01 Å². The van der Waals surface area contributed by atoms with E-state index < -0.39 is 18.6 Å². The van der Waals surface area contributed by atoms with E-state index in [2.05, 4.69) is 10.3 Å². The summed E-state index contributed by atoms with van der Waals surface area (Å²) in [4.78, 5) is 4.09. The van der Waals surface area contributed by atoms with E-state index in [0.717, 1.165) is 10.7 Å². The van der Waals surface area contributed by atoms with Crippen LogP contribution in [-0.4, -0.2) is 17.7 Å². The summed E-state index contributed by atoms with van der Waals surface area (Å²) in [7, 11) is 0. The van der Waals surface area contributed by atoms with Crippen LogP contribution in [0.4, 0.5) is 13.2 Å². The van der Waals surface area contributed by atoms with Gasteiger partial charge in [0.15, 0.2) is 5.92 Å². The highest BCUT2D eigenvalue weighted by molar-refractivity contribution is 7.09. The molecule has 0 aromatic carbocycles. The van der Waals surface area contributed by atoms with Gasteiger partial charge in [0.2, 0.25) is 0 Å². The van der Waals surface area contributed by atoms with Crippen molar-refractivity contribution in [2.24, 2.45) is 5.92 Å². The Hall–Kier alpha value is -1.13. The molecule has 0 radical (unpaired) electrons. The van der Waals surface area contributed by atoms with Crippen molar-refractivity contribution in [2.45, 2.75) is 19.6 Å². The molecule has 1 unspecified atom stereocenters. The van der Waals surface area contributed by atoms with E-state index in [-0.39, 0.29) is 6.54 Å². The number of nitriles is 1. The molecule has 1 N–H and O–H groups in total. The molecule has 0 aliphatic rings. The molecule has 0 saturated carbocycles. The molecule has 1 aromatic heterocycles. The lowest BCUT2D eigenvalue weighted by Gasteiger charge is -2.13. The first-order valence-electron chi connectivity index (χ1n) is 4.51. The van der Waals surface area contributed by atoms with Crippen LogP contribution >= 0.6 is 11.3 Å². The third-order valence-corrected chi connectivity index (χ3v) is 2.81. The van der Waals surface area contributed by atoms with E-state index in [1.165, 1.54) is 17.4 Å². The summed E-state index contributed by atoms with van der Waals surface area (Å²) >= 11 is 1.38. The average Bonchev–Trinajstić information content (AvgIpc) is 2.57. The van der Waals surface area contributed by atoms with Gasteiger partial charge in [0.05, 0.1) is 6.07 Å². The van der Waals surface area contributed by atoms with Crippen molar-refractivity contribution in [1.82, 2.24) is 10.3 Å². The number of rotatable bonds is 4. The number of hydrogen-bond donors (Lipinski definition) is 1.